The lowest BCUT2D eigenvalue weighted by atomic mass is 10.0. The van der Waals surface area contributed by atoms with Crippen molar-refractivity contribution >= 4 is 5.69 Å². The Morgan fingerprint density at radius 2 is 2.06 bits per heavy atom. The third kappa shape index (κ3) is 2.99. The molecule has 0 saturated carbocycles. The molecule has 1 fully saturated rings. The van der Waals surface area contributed by atoms with Gasteiger partial charge in [-0.3, -0.25) is 4.90 Å². The Labute approximate surface area is 98.4 Å². The highest BCUT2D eigenvalue weighted by molar-refractivity contribution is 5.46. The Bertz CT molecular complexity index is 335. The van der Waals surface area contributed by atoms with Crippen LogP contribution < -0.4 is 5.73 Å². The smallest absolute Gasteiger partial charge is 0.0359 e. The van der Waals surface area contributed by atoms with Crippen LogP contribution in [0, 0.1) is 5.92 Å². The largest absolute Gasteiger partial charge is 0.398 e. The summed E-state index contributed by atoms with van der Waals surface area (Å²) in [7, 11) is 0. The van der Waals surface area contributed by atoms with Crippen molar-refractivity contribution in [1.29, 1.82) is 0 Å². The van der Waals surface area contributed by atoms with Crippen LogP contribution in [0.1, 0.15) is 31.7 Å². The minimum atomic E-state index is 0.887. The lowest BCUT2D eigenvalue weighted by Crippen LogP contribution is -2.24. The fraction of sp³-hybridized carbons (Fsp3) is 0.571. The van der Waals surface area contributed by atoms with Gasteiger partial charge in [0, 0.05) is 12.2 Å². The van der Waals surface area contributed by atoms with Gasteiger partial charge in [0.15, 0.2) is 0 Å². The molecule has 2 nitrogen and oxygen atoms in total. The summed E-state index contributed by atoms with van der Waals surface area (Å²) in [6.45, 7) is 5.81. The minimum Gasteiger partial charge on any atom is -0.398 e. The van der Waals surface area contributed by atoms with Gasteiger partial charge in [0.2, 0.25) is 0 Å². The Morgan fingerprint density at radius 3 is 2.88 bits per heavy atom. The van der Waals surface area contributed by atoms with E-state index in [0.29, 0.717) is 0 Å². The predicted molar refractivity (Wildman–Crippen MR) is 69.1 cm³/mol. The Morgan fingerprint density at radius 1 is 1.25 bits per heavy atom. The van der Waals surface area contributed by atoms with Crippen LogP contribution in [0.4, 0.5) is 5.69 Å². The summed E-state index contributed by atoms with van der Waals surface area (Å²) in [5, 5.41) is 0. The summed E-state index contributed by atoms with van der Waals surface area (Å²) in [6, 6.07) is 8.22. The second-order valence-corrected chi connectivity index (χ2v) is 5.01. The monoisotopic (exact) mass is 218 g/mol. The van der Waals surface area contributed by atoms with Gasteiger partial charge in [0.1, 0.15) is 0 Å². The fourth-order valence-electron chi connectivity index (χ4n) is 2.40. The van der Waals surface area contributed by atoms with Crippen LogP contribution >= 0.6 is 0 Å². The van der Waals surface area contributed by atoms with E-state index in [2.05, 4.69) is 24.0 Å². The summed E-state index contributed by atoms with van der Waals surface area (Å²) in [6.07, 6.45) is 4.03. The van der Waals surface area contributed by atoms with Crippen LogP contribution in [0.5, 0.6) is 0 Å². The van der Waals surface area contributed by atoms with Gasteiger partial charge in [0.25, 0.3) is 0 Å². The number of hydrogen-bond donors (Lipinski definition) is 1. The van der Waals surface area contributed by atoms with Gasteiger partial charge in [0.05, 0.1) is 0 Å². The lowest BCUT2D eigenvalue weighted by molar-refractivity contribution is 0.274. The van der Waals surface area contributed by atoms with Crippen molar-refractivity contribution in [2.75, 3.05) is 18.8 Å². The summed E-state index contributed by atoms with van der Waals surface area (Å²) in [4.78, 5) is 2.54. The third-order valence-electron chi connectivity index (χ3n) is 3.56. The molecule has 0 aromatic heterocycles. The minimum absolute atomic E-state index is 0.887. The van der Waals surface area contributed by atoms with Gasteiger partial charge >= 0.3 is 0 Å². The van der Waals surface area contributed by atoms with E-state index >= 15 is 0 Å². The standard InChI is InChI=1S/C14H22N2/c1-12-5-4-9-16(10-8-12)11-13-6-2-3-7-14(13)15/h2-3,6-7,12H,4-5,8-11,15H2,1H3. The van der Waals surface area contributed by atoms with Crippen molar-refractivity contribution < 1.29 is 0 Å². The zero-order valence-corrected chi connectivity index (χ0v) is 10.2. The molecule has 0 radical (unpaired) electrons. The van der Waals surface area contributed by atoms with Crippen LogP contribution in [0.15, 0.2) is 24.3 Å². The van der Waals surface area contributed by atoms with E-state index in [1.165, 1.54) is 37.9 Å². The van der Waals surface area contributed by atoms with Crippen molar-refractivity contribution in [2.24, 2.45) is 5.92 Å². The molecule has 1 atom stereocenters. The summed E-state index contributed by atoms with van der Waals surface area (Å²) < 4.78 is 0. The number of nitrogens with two attached hydrogens (primary N) is 1. The second kappa shape index (κ2) is 5.35. The highest BCUT2D eigenvalue weighted by atomic mass is 15.1. The number of anilines is 1. The second-order valence-electron chi connectivity index (χ2n) is 5.01. The van der Waals surface area contributed by atoms with Gasteiger partial charge in [-0.1, -0.05) is 25.1 Å². The van der Waals surface area contributed by atoms with E-state index < -0.39 is 0 Å². The average Bonchev–Trinajstić information content (AvgIpc) is 2.47. The first-order valence-electron chi connectivity index (χ1n) is 6.31. The molecular weight excluding hydrogens is 196 g/mol. The van der Waals surface area contributed by atoms with Crippen molar-refractivity contribution in [3.05, 3.63) is 29.8 Å². The maximum absolute atomic E-state index is 5.98. The molecule has 1 saturated heterocycles. The zero-order valence-electron chi connectivity index (χ0n) is 10.2. The van der Waals surface area contributed by atoms with Gasteiger partial charge in [-0.15, -0.1) is 0 Å². The van der Waals surface area contributed by atoms with Gasteiger partial charge in [-0.25, -0.2) is 0 Å². The molecule has 1 aromatic carbocycles. The number of hydrogen-bond acceptors (Lipinski definition) is 2. The van der Waals surface area contributed by atoms with E-state index in [9.17, 15) is 0 Å². The van der Waals surface area contributed by atoms with Crippen LogP contribution in [0.25, 0.3) is 0 Å². The lowest BCUT2D eigenvalue weighted by Gasteiger charge is -2.20. The van der Waals surface area contributed by atoms with Crippen molar-refractivity contribution in [2.45, 2.75) is 32.7 Å². The molecule has 16 heavy (non-hydrogen) atoms. The van der Waals surface area contributed by atoms with Crippen LogP contribution in [0.3, 0.4) is 0 Å². The highest BCUT2D eigenvalue weighted by Crippen LogP contribution is 2.20. The molecule has 1 aliphatic rings. The molecule has 0 bridgehead atoms. The molecule has 2 N–H and O–H groups in total. The number of benzene rings is 1. The Kier molecular flexibility index (Phi) is 3.83. The number of para-hydroxylation sites is 1. The molecule has 88 valence electrons. The molecular formula is C14H22N2. The van der Waals surface area contributed by atoms with Crippen molar-refractivity contribution in [3.8, 4) is 0 Å². The molecule has 1 heterocycles. The number of likely N-dealkylation sites (tertiary alicyclic amines) is 1. The zero-order chi connectivity index (χ0) is 11.4. The first-order valence-corrected chi connectivity index (χ1v) is 6.31. The van der Waals surface area contributed by atoms with E-state index in [0.717, 1.165) is 18.2 Å². The van der Waals surface area contributed by atoms with Gasteiger partial charge < -0.3 is 5.73 Å². The first kappa shape index (κ1) is 11.5. The molecule has 1 aromatic rings. The first-order chi connectivity index (χ1) is 7.75. The normalized spacial score (nSPS) is 22.9. The molecule has 1 unspecified atom stereocenters. The average molecular weight is 218 g/mol. The number of nitrogens with zero attached hydrogens (tertiary/aromatic N) is 1. The quantitative estimate of drug-likeness (QED) is 0.773. The maximum atomic E-state index is 5.98. The van der Waals surface area contributed by atoms with Crippen LogP contribution in [-0.2, 0) is 6.54 Å². The van der Waals surface area contributed by atoms with Gasteiger partial charge in [-0.05, 0) is 49.9 Å². The highest BCUT2D eigenvalue weighted by Gasteiger charge is 2.14. The number of rotatable bonds is 2. The van der Waals surface area contributed by atoms with E-state index in [4.69, 9.17) is 5.73 Å². The molecule has 0 aliphatic carbocycles. The van der Waals surface area contributed by atoms with E-state index in [1.807, 2.05) is 12.1 Å². The van der Waals surface area contributed by atoms with E-state index in [-0.39, 0.29) is 0 Å². The summed E-state index contributed by atoms with van der Waals surface area (Å²) in [5.41, 5.74) is 8.18. The Hall–Kier alpha value is -1.02. The Balaban J connectivity index is 1.96. The summed E-state index contributed by atoms with van der Waals surface area (Å²) in [5.74, 6) is 0.887. The van der Waals surface area contributed by atoms with E-state index in [1.54, 1.807) is 0 Å². The third-order valence-corrected chi connectivity index (χ3v) is 3.56. The molecule has 2 heteroatoms. The SMILES string of the molecule is CC1CCCN(Cc2ccccc2N)CC1. The topological polar surface area (TPSA) is 29.3 Å². The van der Waals surface area contributed by atoms with Crippen LogP contribution in [0.2, 0.25) is 0 Å². The molecule has 1 aliphatic heterocycles. The number of nitrogen functional groups attached to an aromatic ring is 1. The molecule has 0 amide bonds. The van der Waals surface area contributed by atoms with Crippen molar-refractivity contribution in [1.82, 2.24) is 4.90 Å². The maximum Gasteiger partial charge on any atom is 0.0359 e. The van der Waals surface area contributed by atoms with Gasteiger partial charge in [-0.2, -0.15) is 0 Å². The fourth-order valence-corrected chi connectivity index (χ4v) is 2.40. The molecule has 0 spiro atoms. The van der Waals surface area contributed by atoms with Crippen molar-refractivity contribution in [3.63, 3.8) is 0 Å². The summed E-state index contributed by atoms with van der Waals surface area (Å²) >= 11 is 0. The van der Waals surface area contributed by atoms with Crippen LogP contribution in [-0.4, -0.2) is 18.0 Å². The predicted octanol–water partition coefficient (Wildman–Crippen LogP) is 2.89. The molecule has 2 rings (SSSR count).